The zero-order valence-corrected chi connectivity index (χ0v) is 37.8. The number of hydrogen-bond acceptors (Lipinski definition) is 8. The smallest absolute Gasteiger partial charge is 0.326 e. The van der Waals surface area contributed by atoms with Crippen molar-refractivity contribution >= 4 is 27.4 Å². The minimum atomic E-state index is -0.891. The van der Waals surface area contributed by atoms with Gasteiger partial charge in [-0.1, -0.05) is 133 Å². The van der Waals surface area contributed by atoms with E-state index in [9.17, 15) is 4.79 Å². The SMILES string of the molecule is COC(=O)[C@H](COc1ccc(-c2sc3cc(OCc4ccccc4)ccc3c2Cc2ccc(CN3CCCC3)c(OC)c2)cc1)NC(c1ccccc1)(c1ccccc1)c1ccccc1. The average molecular weight is 879 g/mol. The van der Waals surface area contributed by atoms with Crippen LogP contribution in [0.4, 0.5) is 0 Å². The van der Waals surface area contributed by atoms with E-state index in [0.717, 1.165) is 70.1 Å². The fraction of sp³-hybridized carbons (Fsp3) is 0.211. The molecule has 7 aromatic carbocycles. The second-order valence-corrected chi connectivity index (χ2v) is 17.6. The van der Waals surface area contributed by atoms with Crippen LogP contribution < -0.4 is 19.5 Å². The lowest BCUT2D eigenvalue weighted by atomic mass is 9.76. The number of benzene rings is 7. The summed E-state index contributed by atoms with van der Waals surface area (Å²) in [4.78, 5) is 17.4. The number of methoxy groups -OCH3 is 2. The van der Waals surface area contributed by atoms with Gasteiger partial charge < -0.3 is 18.9 Å². The summed E-state index contributed by atoms with van der Waals surface area (Å²) in [5.41, 5.74) is 7.94. The van der Waals surface area contributed by atoms with Gasteiger partial charge in [0.2, 0.25) is 0 Å². The van der Waals surface area contributed by atoms with Crippen LogP contribution in [-0.2, 0) is 34.6 Å². The Bertz CT molecular complexity index is 2690. The fourth-order valence-corrected chi connectivity index (χ4v) is 10.3. The van der Waals surface area contributed by atoms with Crippen LogP contribution in [0.25, 0.3) is 20.5 Å². The number of likely N-dealkylation sites (tertiary alicyclic amines) is 1. The third-order valence-corrected chi connectivity index (χ3v) is 13.6. The molecule has 1 atom stereocenters. The average Bonchev–Trinajstić information content (AvgIpc) is 4.02. The van der Waals surface area contributed by atoms with Gasteiger partial charge in [0.15, 0.2) is 0 Å². The van der Waals surface area contributed by atoms with Gasteiger partial charge in [-0.2, -0.15) is 0 Å². The van der Waals surface area contributed by atoms with Gasteiger partial charge in [0, 0.05) is 21.7 Å². The van der Waals surface area contributed by atoms with Crippen molar-refractivity contribution in [1.29, 1.82) is 0 Å². The summed E-state index contributed by atoms with van der Waals surface area (Å²) in [5.74, 6) is 1.99. The Morgan fingerprint density at radius 3 is 1.86 bits per heavy atom. The molecule has 328 valence electrons. The Labute approximate surface area is 386 Å². The normalized spacial score (nSPS) is 13.4. The van der Waals surface area contributed by atoms with E-state index in [4.69, 9.17) is 18.9 Å². The molecule has 1 N–H and O–H groups in total. The monoisotopic (exact) mass is 878 g/mol. The van der Waals surface area contributed by atoms with Crippen LogP contribution in [0.1, 0.15) is 51.8 Å². The Kier molecular flexibility index (Phi) is 13.7. The maximum atomic E-state index is 13.7. The summed E-state index contributed by atoms with van der Waals surface area (Å²) < 4.78 is 25.3. The molecule has 0 saturated carbocycles. The van der Waals surface area contributed by atoms with Gasteiger partial charge in [-0.05, 0) is 125 Å². The molecule has 7 nitrogen and oxygen atoms in total. The van der Waals surface area contributed by atoms with Crippen LogP contribution in [0, 0.1) is 0 Å². The van der Waals surface area contributed by atoms with Crippen LogP contribution >= 0.6 is 11.3 Å². The summed E-state index contributed by atoms with van der Waals surface area (Å²) in [5, 5.41) is 4.95. The molecule has 8 aromatic rings. The van der Waals surface area contributed by atoms with Crippen LogP contribution in [0.3, 0.4) is 0 Å². The van der Waals surface area contributed by atoms with Gasteiger partial charge in [0.05, 0.1) is 19.8 Å². The lowest BCUT2D eigenvalue weighted by Crippen LogP contribution is -2.55. The van der Waals surface area contributed by atoms with E-state index in [1.807, 2.05) is 84.9 Å². The molecule has 0 radical (unpaired) electrons. The summed E-state index contributed by atoms with van der Waals surface area (Å²) in [6, 6.07) is 61.4. The molecule has 1 fully saturated rings. The second kappa shape index (κ2) is 20.4. The molecule has 0 unspecified atom stereocenters. The third-order valence-electron chi connectivity index (χ3n) is 12.4. The molecule has 0 spiro atoms. The Balaban J connectivity index is 1.01. The van der Waals surface area contributed by atoms with Crippen molar-refractivity contribution in [3.05, 3.63) is 221 Å². The molecule has 8 heteroatoms. The van der Waals surface area contributed by atoms with Crippen LogP contribution in [-0.4, -0.2) is 50.8 Å². The molecule has 0 bridgehead atoms. The summed E-state index contributed by atoms with van der Waals surface area (Å²) in [7, 11) is 3.19. The van der Waals surface area contributed by atoms with Crippen molar-refractivity contribution in [3.8, 4) is 27.7 Å². The molecule has 1 aliphatic rings. The first-order chi connectivity index (χ1) is 32.0. The standard InChI is InChI=1S/C57H54N2O5S/c1-61-53-36-42(25-26-44(53)38-59-33-15-16-34-59)35-51-50-32-31-49(63-39-41-17-7-3-8-18-41)37-54(50)65-55(51)43-27-29-48(30-28-43)64-40-52(56(60)62-2)58-57(45-19-9-4-10-20-45,46-21-11-5-12-22-46)47-23-13-6-14-24-47/h3-14,17-32,36-37,52,58H,15-16,33-35,38-40H2,1-2H3/t52-/m0/s1. The zero-order chi connectivity index (χ0) is 44.4. The number of carbonyl (C=O) groups is 1. The first-order valence-corrected chi connectivity index (χ1v) is 23.2. The highest BCUT2D eigenvalue weighted by Crippen LogP contribution is 2.43. The van der Waals surface area contributed by atoms with E-state index >= 15 is 0 Å². The van der Waals surface area contributed by atoms with E-state index in [-0.39, 0.29) is 6.61 Å². The highest BCUT2D eigenvalue weighted by molar-refractivity contribution is 7.22. The second-order valence-electron chi connectivity index (χ2n) is 16.6. The number of ether oxygens (including phenoxy) is 4. The minimum Gasteiger partial charge on any atom is -0.496 e. The maximum absolute atomic E-state index is 13.7. The topological polar surface area (TPSA) is 69.3 Å². The quantitative estimate of drug-likeness (QED) is 0.0680. The van der Waals surface area contributed by atoms with Crippen LogP contribution in [0.15, 0.2) is 182 Å². The predicted octanol–water partition coefficient (Wildman–Crippen LogP) is 11.8. The Morgan fingerprint density at radius 2 is 1.26 bits per heavy atom. The molecule has 0 amide bonds. The first-order valence-electron chi connectivity index (χ1n) is 22.4. The third kappa shape index (κ3) is 9.86. The molecule has 1 aliphatic heterocycles. The molecule has 65 heavy (non-hydrogen) atoms. The van der Waals surface area contributed by atoms with Crippen molar-refractivity contribution in [2.24, 2.45) is 0 Å². The highest BCUT2D eigenvalue weighted by Gasteiger charge is 2.40. The van der Waals surface area contributed by atoms with Gasteiger partial charge in [-0.25, -0.2) is 0 Å². The van der Waals surface area contributed by atoms with E-state index in [1.54, 1.807) is 18.4 Å². The van der Waals surface area contributed by atoms with E-state index in [1.165, 1.54) is 46.9 Å². The maximum Gasteiger partial charge on any atom is 0.326 e. The summed E-state index contributed by atoms with van der Waals surface area (Å²) in [6.45, 7) is 3.71. The fourth-order valence-electron chi connectivity index (χ4n) is 9.05. The Morgan fingerprint density at radius 1 is 0.662 bits per heavy atom. The number of fused-ring (bicyclic) bond motifs is 1. The van der Waals surface area contributed by atoms with Crippen LogP contribution in [0.5, 0.6) is 17.2 Å². The van der Waals surface area contributed by atoms with E-state index in [0.29, 0.717) is 12.4 Å². The number of hydrogen-bond donors (Lipinski definition) is 1. The summed E-state index contributed by atoms with van der Waals surface area (Å²) >= 11 is 1.77. The lowest BCUT2D eigenvalue weighted by molar-refractivity contribution is -0.144. The van der Waals surface area contributed by atoms with Crippen molar-refractivity contribution in [2.75, 3.05) is 33.9 Å². The largest absolute Gasteiger partial charge is 0.496 e. The number of nitrogens with one attached hydrogen (secondary N) is 1. The molecule has 1 saturated heterocycles. The van der Waals surface area contributed by atoms with Gasteiger partial charge in [0.25, 0.3) is 0 Å². The zero-order valence-electron chi connectivity index (χ0n) is 37.0. The molecular formula is C57H54N2O5S. The van der Waals surface area contributed by atoms with E-state index < -0.39 is 17.6 Å². The van der Waals surface area contributed by atoms with Crippen LogP contribution in [0.2, 0.25) is 0 Å². The summed E-state index contributed by atoms with van der Waals surface area (Å²) in [6.07, 6.45) is 3.24. The molecular weight excluding hydrogens is 825 g/mol. The highest BCUT2D eigenvalue weighted by atomic mass is 32.1. The van der Waals surface area contributed by atoms with Crippen molar-refractivity contribution < 1.29 is 23.7 Å². The molecule has 2 heterocycles. The van der Waals surface area contributed by atoms with Gasteiger partial charge >= 0.3 is 5.97 Å². The first kappa shape index (κ1) is 43.5. The Hall–Kier alpha value is -6.71. The number of thiophene rings is 1. The number of carbonyl (C=O) groups excluding carboxylic acids is 1. The van der Waals surface area contributed by atoms with Crippen molar-refractivity contribution in [2.45, 2.75) is 44.0 Å². The van der Waals surface area contributed by atoms with Gasteiger partial charge in [0.1, 0.15) is 36.5 Å². The number of esters is 1. The van der Waals surface area contributed by atoms with Crippen molar-refractivity contribution in [3.63, 3.8) is 0 Å². The molecule has 1 aromatic heterocycles. The van der Waals surface area contributed by atoms with Gasteiger partial charge in [-0.15, -0.1) is 11.3 Å². The molecule has 0 aliphatic carbocycles. The van der Waals surface area contributed by atoms with Gasteiger partial charge in [-0.3, -0.25) is 15.0 Å². The van der Waals surface area contributed by atoms with E-state index in [2.05, 4.69) is 107 Å². The number of nitrogens with zero attached hydrogens (tertiary/aromatic N) is 1. The van der Waals surface area contributed by atoms with Crippen molar-refractivity contribution in [1.82, 2.24) is 10.2 Å². The predicted molar refractivity (Wildman–Crippen MR) is 262 cm³/mol. The lowest BCUT2D eigenvalue weighted by Gasteiger charge is -2.39. The molecule has 9 rings (SSSR count). The number of rotatable bonds is 18. The minimum absolute atomic E-state index is 0.0375.